The van der Waals surface area contributed by atoms with Crippen molar-refractivity contribution in [1.29, 1.82) is 0 Å². The zero-order chi connectivity index (χ0) is 16.5. The summed E-state index contributed by atoms with van der Waals surface area (Å²) in [5, 5.41) is 6.12. The number of halogens is 1. The van der Waals surface area contributed by atoms with Gasteiger partial charge in [-0.2, -0.15) is 0 Å². The third-order valence-corrected chi connectivity index (χ3v) is 5.40. The van der Waals surface area contributed by atoms with E-state index in [0.29, 0.717) is 5.02 Å². The molecule has 1 aliphatic rings. The van der Waals surface area contributed by atoms with Crippen molar-refractivity contribution in [3.8, 4) is 17.0 Å². The van der Waals surface area contributed by atoms with Crippen LogP contribution in [-0.4, -0.2) is 29.2 Å². The zero-order valence-electron chi connectivity index (χ0n) is 13.4. The van der Waals surface area contributed by atoms with Crippen molar-refractivity contribution >= 4 is 33.2 Å². The molecule has 24 heavy (non-hydrogen) atoms. The van der Waals surface area contributed by atoms with E-state index in [1.807, 2.05) is 30.5 Å². The van der Waals surface area contributed by atoms with Crippen LogP contribution in [0.2, 0.25) is 5.02 Å². The van der Waals surface area contributed by atoms with Crippen molar-refractivity contribution in [2.75, 3.05) is 13.1 Å². The lowest BCUT2D eigenvalue weighted by Gasteiger charge is -2.26. The summed E-state index contributed by atoms with van der Waals surface area (Å²) in [5.41, 5.74) is 3.82. The quantitative estimate of drug-likeness (QED) is 0.750. The minimum atomic E-state index is 0.179. The Morgan fingerprint density at radius 2 is 2.25 bits per heavy atom. The number of rotatable bonds is 3. The van der Waals surface area contributed by atoms with Crippen LogP contribution in [0.4, 0.5) is 0 Å². The highest BCUT2D eigenvalue weighted by Crippen LogP contribution is 2.39. The van der Waals surface area contributed by atoms with E-state index in [0.717, 1.165) is 58.7 Å². The molecule has 1 N–H and O–H groups in total. The Balaban J connectivity index is 1.83. The molecule has 2 aromatic heterocycles. The SMILES string of the molecule is Cc1cc(Cl)cc(-c2ncnc3ccsc23)c1OC1CCCNC1. The molecule has 0 radical (unpaired) electrons. The van der Waals surface area contributed by atoms with E-state index in [2.05, 4.69) is 15.3 Å². The molecule has 124 valence electrons. The number of benzene rings is 1. The standard InChI is InChI=1S/C18H18ClN3OS/c1-11-7-12(19)8-14(17(11)23-13-3-2-5-20-9-13)16-18-15(4-6-24-18)21-10-22-16/h4,6-8,10,13,20H,2-3,5,9H2,1H3. The molecule has 1 atom stereocenters. The lowest BCUT2D eigenvalue weighted by Crippen LogP contribution is -2.37. The maximum absolute atomic E-state index is 6.38. The molecule has 1 aliphatic heterocycles. The predicted molar refractivity (Wildman–Crippen MR) is 99.1 cm³/mol. The Bertz CT molecular complexity index is 874. The fourth-order valence-electron chi connectivity index (χ4n) is 3.13. The van der Waals surface area contributed by atoms with Crippen molar-refractivity contribution < 1.29 is 4.74 Å². The second kappa shape index (κ2) is 6.67. The van der Waals surface area contributed by atoms with Crippen molar-refractivity contribution in [3.05, 3.63) is 40.5 Å². The minimum Gasteiger partial charge on any atom is -0.488 e. The number of fused-ring (bicyclic) bond motifs is 1. The van der Waals surface area contributed by atoms with E-state index in [4.69, 9.17) is 16.3 Å². The first kappa shape index (κ1) is 15.8. The minimum absolute atomic E-state index is 0.179. The number of piperidine rings is 1. The Morgan fingerprint density at radius 3 is 3.08 bits per heavy atom. The topological polar surface area (TPSA) is 47.0 Å². The maximum Gasteiger partial charge on any atom is 0.132 e. The first-order chi connectivity index (χ1) is 11.7. The van der Waals surface area contributed by atoms with Crippen molar-refractivity contribution in [3.63, 3.8) is 0 Å². The summed E-state index contributed by atoms with van der Waals surface area (Å²) >= 11 is 7.97. The van der Waals surface area contributed by atoms with E-state index in [-0.39, 0.29) is 6.10 Å². The fraction of sp³-hybridized carbons (Fsp3) is 0.333. The summed E-state index contributed by atoms with van der Waals surface area (Å²) < 4.78 is 7.44. The summed E-state index contributed by atoms with van der Waals surface area (Å²) in [6.07, 6.45) is 3.98. The Hall–Kier alpha value is -1.69. The molecule has 4 nitrogen and oxygen atoms in total. The first-order valence-electron chi connectivity index (χ1n) is 8.08. The van der Waals surface area contributed by atoms with Gasteiger partial charge in [-0.15, -0.1) is 11.3 Å². The van der Waals surface area contributed by atoms with Gasteiger partial charge in [0.2, 0.25) is 0 Å². The molecule has 3 aromatic rings. The van der Waals surface area contributed by atoms with Crippen LogP contribution in [-0.2, 0) is 0 Å². The van der Waals surface area contributed by atoms with Crippen molar-refractivity contribution in [2.24, 2.45) is 0 Å². The van der Waals surface area contributed by atoms with E-state index >= 15 is 0 Å². The third kappa shape index (κ3) is 2.99. The molecule has 3 heterocycles. The summed E-state index contributed by atoms with van der Waals surface area (Å²) in [7, 11) is 0. The molecule has 1 unspecified atom stereocenters. The molecule has 0 amide bonds. The van der Waals surface area contributed by atoms with Crippen molar-refractivity contribution in [2.45, 2.75) is 25.9 Å². The summed E-state index contributed by atoms with van der Waals surface area (Å²) in [6, 6.07) is 5.90. The lowest BCUT2D eigenvalue weighted by molar-refractivity contribution is 0.167. The molecule has 0 spiro atoms. The Kier molecular flexibility index (Phi) is 4.39. The summed E-state index contributed by atoms with van der Waals surface area (Å²) in [6.45, 7) is 3.97. The second-order valence-electron chi connectivity index (χ2n) is 6.04. The number of nitrogens with zero attached hydrogens (tertiary/aromatic N) is 2. The number of hydrogen-bond acceptors (Lipinski definition) is 5. The van der Waals surface area contributed by atoms with Gasteiger partial charge >= 0.3 is 0 Å². The van der Waals surface area contributed by atoms with Gasteiger partial charge in [0.15, 0.2) is 0 Å². The Labute approximate surface area is 149 Å². The highest BCUT2D eigenvalue weighted by molar-refractivity contribution is 7.17. The molecule has 1 aromatic carbocycles. The lowest BCUT2D eigenvalue weighted by atomic mass is 10.0. The number of aryl methyl sites for hydroxylation is 1. The first-order valence-corrected chi connectivity index (χ1v) is 9.34. The second-order valence-corrected chi connectivity index (χ2v) is 7.40. The van der Waals surface area contributed by atoms with Crippen LogP contribution in [0, 0.1) is 6.92 Å². The van der Waals surface area contributed by atoms with Crippen LogP contribution in [0.25, 0.3) is 21.5 Å². The van der Waals surface area contributed by atoms with Crippen LogP contribution in [0.5, 0.6) is 5.75 Å². The largest absolute Gasteiger partial charge is 0.488 e. The predicted octanol–water partition coefficient (Wildman–Crippen LogP) is 4.45. The monoisotopic (exact) mass is 359 g/mol. The van der Waals surface area contributed by atoms with Gasteiger partial charge in [0, 0.05) is 17.1 Å². The van der Waals surface area contributed by atoms with Gasteiger partial charge in [-0.3, -0.25) is 0 Å². The number of aromatic nitrogens is 2. The number of hydrogen-bond donors (Lipinski definition) is 1. The molecule has 0 bridgehead atoms. The molecular formula is C18H18ClN3OS. The molecule has 0 saturated carbocycles. The third-order valence-electron chi connectivity index (χ3n) is 4.27. The average Bonchev–Trinajstić information content (AvgIpc) is 3.07. The van der Waals surface area contributed by atoms with Gasteiger partial charge in [0.05, 0.1) is 15.9 Å². The van der Waals surface area contributed by atoms with Crippen molar-refractivity contribution in [1.82, 2.24) is 15.3 Å². The van der Waals surface area contributed by atoms with Crippen LogP contribution in [0.1, 0.15) is 18.4 Å². The van der Waals surface area contributed by atoms with Gasteiger partial charge < -0.3 is 10.1 Å². The highest BCUT2D eigenvalue weighted by atomic mass is 35.5. The smallest absolute Gasteiger partial charge is 0.132 e. The zero-order valence-corrected chi connectivity index (χ0v) is 15.0. The molecule has 0 aliphatic carbocycles. The maximum atomic E-state index is 6.38. The Morgan fingerprint density at radius 1 is 1.33 bits per heavy atom. The van der Waals surface area contributed by atoms with Crippen LogP contribution in [0.15, 0.2) is 29.9 Å². The average molecular weight is 360 g/mol. The number of ether oxygens (including phenoxy) is 1. The highest BCUT2D eigenvalue weighted by Gasteiger charge is 2.21. The number of nitrogens with one attached hydrogen (secondary N) is 1. The van der Waals surface area contributed by atoms with Gasteiger partial charge in [-0.05, 0) is 55.5 Å². The van der Waals surface area contributed by atoms with E-state index in [9.17, 15) is 0 Å². The van der Waals surface area contributed by atoms with Gasteiger partial charge in [0.1, 0.15) is 18.2 Å². The number of thiophene rings is 1. The van der Waals surface area contributed by atoms with Gasteiger partial charge in [0.25, 0.3) is 0 Å². The van der Waals surface area contributed by atoms with Gasteiger partial charge in [-0.1, -0.05) is 11.6 Å². The molecule has 4 rings (SSSR count). The molecule has 6 heteroatoms. The van der Waals surface area contributed by atoms with Crippen LogP contribution >= 0.6 is 22.9 Å². The van der Waals surface area contributed by atoms with E-state index in [1.54, 1.807) is 17.7 Å². The van der Waals surface area contributed by atoms with E-state index in [1.165, 1.54) is 0 Å². The van der Waals surface area contributed by atoms with E-state index < -0.39 is 0 Å². The molecule has 1 fully saturated rings. The molecule has 1 saturated heterocycles. The van der Waals surface area contributed by atoms with Crippen LogP contribution < -0.4 is 10.1 Å². The molecular weight excluding hydrogens is 342 g/mol. The summed E-state index contributed by atoms with van der Waals surface area (Å²) in [4.78, 5) is 8.86. The fourth-order valence-corrected chi connectivity index (χ4v) is 4.25. The summed E-state index contributed by atoms with van der Waals surface area (Å²) in [5.74, 6) is 0.876. The van der Waals surface area contributed by atoms with Crippen LogP contribution in [0.3, 0.4) is 0 Å². The van der Waals surface area contributed by atoms with Gasteiger partial charge in [-0.25, -0.2) is 9.97 Å². The normalized spacial score (nSPS) is 18.0.